The Morgan fingerprint density at radius 2 is 2.05 bits per heavy atom. The number of amides is 1. The molecule has 21 heavy (non-hydrogen) atoms. The van der Waals surface area contributed by atoms with E-state index in [1.807, 2.05) is 31.2 Å². The third kappa shape index (κ3) is 4.21. The molecule has 1 fully saturated rings. The Labute approximate surface area is 129 Å². The molecule has 1 aromatic carbocycles. The van der Waals surface area contributed by atoms with Gasteiger partial charge in [-0.1, -0.05) is 29.8 Å². The Bertz CT molecular complexity index is 540. The highest BCUT2D eigenvalue weighted by atomic mass is 35.5. The Morgan fingerprint density at radius 1 is 1.38 bits per heavy atom. The van der Waals surface area contributed by atoms with E-state index in [1.54, 1.807) is 0 Å². The zero-order chi connectivity index (χ0) is 15.5. The van der Waals surface area contributed by atoms with Gasteiger partial charge >= 0.3 is 5.97 Å². The van der Waals surface area contributed by atoms with E-state index in [0.29, 0.717) is 17.9 Å². The summed E-state index contributed by atoms with van der Waals surface area (Å²) >= 11 is 6.16. The first kappa shape index (κ1) is 15.8. The van der Waals surface area contributed by atoms with Crippen LogP contribution < -0.4 is 5.32 Å². The normalized spacial score (nSPS) is 17.0. The van der Waals surface area contributed by atoms with Gasteiger partial charge in [-0.15, -0.1) is 0 Å². The van der Waals surface area contributed by atoms with Crippen LogP contribution in [0.15, 0.2) is 24.3 Å². The van der Waals surface area contributed by atoms with E-state index >= 15 is 0 Å². The summed E-state index contributed by atoms with van der Waals surface area (Å²) in [5.74, 6) is -0.825. The lowest BCUT2D eigenvalue weighted by atomic mass is 9.95. The number of nitrogens with one attached hydrogen (secondary N) is 1. The van der Waals surface area contributed by atoms with Gasteiger partial charge in [-0.2, -0.15) is 0 Å². The molecule has 1 aliphatic carbocycles. The fraction of sp³-hybridized carbons (Fsp3) is 0.500. The van der Waals surface area contributed by atoms with Gasteiger partial charge in [0.05, 0.1) is 5.41 Å². The number of carboxylic acids is 1. The van der Waals surface area contributed by atoms with Crippen molar-refractivity contribution in [3.8, 4) is 0 Å². The van der Waals surface area contributed by atoms with E-state index in [9.17, 15) is 9.59 Å². The van der Waals surface area contributed by atoms with Crippen molar-refractivity contribution < 1.29 is 14.7 Å². The third-order valence-corrected chi connectivity index (χ3v) is 4.36. The predicted molar refractivity (Wildman–Crippen MR) is 81.3 cm³/mol. The van der Waals surface area contributed by atoms with Crippen molar-refractivity contribution in [3.05, 3.63) is 34.9 Å². The number of carbonyl (C=O) groups is 2. The van der Waals surface area contributed by atoms with Gasteiger partial charge in [0, 0.05) is 17.5 Å². The maximum atomic E-state index is 12.4. The fourth-order valence-electron chi connectivity index (χ4n) is 2.43. The molecule has 4 nitrogen and oxygen atoms in total. The topological polar surface area (TPSA) is 66.4 Å². The van der Waals surface area contributed by atoms with Gasteiger partial charge in [0.25, 0.3) is 0 Å². The zero-order valence-corrected chi connectivity index (χ0v) is 12.8. The molecule has 1 atom stereocenters. The average Bonchev–Trinajstić information content (AvgIpc) is 3.20. The molecule has 1 aliphatic rings. The first-order valence-electron chi connectivity index (χ1n) is 7.19. The van der Waals surface area contributed by atoms with Gasteiger partial charge in [0.15, 0.2) is 0 Å². The molecule has 0 saturated heterocycles. The minimum absolute atomic E-state index is 0.0142. The first-order valence-corrected chi connectivity index (χ1v) is 7.57. The molecular weight excluding hydrogens is 290 g/mol. The van der Waals surface area contributed by atoms with E-state index < -0.39 is 5.97 Å². The highest BCUT2D eigenvalue weighted by molar-refractivity contribution is 6.31. The summed E-state index contributed by atoms with van der Waals surface area (Å²) in [7, 11) is 0. The van der Waals surface area contributed by atoms with E-state index in [0.717, 1.165) is 18.4 Å². The molecule has 114 valence electrons. The molecule has 5 heteroatoms. The molecule has 2 rings (SSSR count). The fourth-order valence-corrected chi connectivity index (χ4v) is 2.63. The summed E-state index contributed by atoms with van der Waals surface area (Å²) in [5.41, 5.74) is 0.632. The largest absolute Gasteiger partial charge is 0.481 e. The molecule has 0 radical (unpaired) electrons. The molecular formula is C16H20ClNO3. The summed E-state index contributed by atoms with van der Waals surface area (Å²) in [5, 5.41) is 12.3. The second kappa shape index (κ2) is 6.48. The van der Waals surface area contributed by atoms with E-state index in [1.165, 1.54) is 0 Å². The first-order chi connectivity index (χ1) is 9.93. The molecule has 1 aromatic rings. The van der Waals surface area contributed by atoms with Gasteiger partial charge in [-0.3, -0.25) is 9.59 Å². The van der Waals surface area contributed by atoms with Gasteiger partial charge in [-0.25, -0.2) is 0 Å². The van der Waals surface area contributed by atoms with Crippen molar-refractivity contribution in [3.63, 3.8) is 0 Å². The number of hydrogen-bond donors (Lipinski definition) is 2. The molecule has 0 aromatic heterocycles. The van der Waals surface area contributed by atoms with Crippen LogP contribution in [-0.4, -0.2) is 23.0 Å². The van der Waals surface area contributed by atoms with Gasteiger partial charge < -0.3 is 10.4 Å². The number of halogens is 1. The minimum atomic E-state index is -0.840. The second-order valence-corrected chi connectivity index (χ2v) is 6.26. The van der Waals surface area contributed by atoms with Crippen molar-refractivity contribution in [1.29, 1.82) is 0 Å². The summed E-state index contributed by atoms with van der Waals surface area (Å²) in [6.07, 6.45) is 2.87. The highest BCUT2D eigenvalue weighted by Crippen LogP contribution is 2.49. The van der Waals surface area contributed by atoms with Gasteiger partial charge in [0.1, 0.15) is 0 Å². The number of carboxylic acid groups (broad SMARTS) is 1. The minimum Gasteiger partial charge on any atom is -0.481 e. The predicted octanol–water partition coefficient (Wildman–Crippen LogP) is 3.03. The Morgan fingerprint density at radius 3 is 2.62 bits per heavy atom. The summed E-state index contributed by atoms with van der Waals surface area (Å²) in [4.78, 5) is 22.9. The smallest absolute Gasteiger partial charge is 0.303 e. The number of carbonyl (C=O) groups excluding carboxylic acids is 1. The standard InChI is InChI=1S/C16H20ClNO3/c1-11(6-7-14(19)20)18-15(21)16(8-9-16)10-12-4-2-3-5-13(12)17/h2-5,11H,6-10H2,1H3,(H,18,21)(H,19,20). The molecule has 1 amide bonds. The average molecular weight is 310 g/mol. The quantitative estimate of drug-likeness (QED) is 0.813. The van der Waals surface area contributed by atoms with E-state index in [4.69, 9.17) is 16.7 Å². The Balaban J connectivity index is 1.92. The molecule has 1 unspecified atom stereocenters. The van der Waals surface area contributed by atoms with Crippen molar-refractivity contribution in [1.82, 2.24) is 5.32 Å². The van der Waals surface area contributed by atoms with Crippen molar-refractivity contribution >= 4 is 23.5 Å². The van der Waals surface area contributed by atoms with Crippen LogP contribution in [0.3, 0.4) is 0 Å². The highest BCUT2D eigenvalue weighted by Gasteiger charge is 2.49. The molecule has 0 aliphatic heterocycles. The van der Waals surface area contributed by atoms with Crippen LogP contribution in [-0.2, 0) is 16.0 Å². The van der Waals surface area contributed by atoms with Crippen LogP contribution in [0.25, 0.3) is 0 Å². The number of rotatable bonds is 7. The van der Waals surface area contributed by atoms with Crippen LogP contribution in [0, 0.1) is 5.41 Å². The monoisotopic (exact) mass is 309 g/mol. The number of benzene rings is 1. The Kier molecular flexibility index (Phi) is 4.88. The second-order valence-electron chi connectivity index (χ2n) is 5.86. The van der Waals surface area contributed by atoms with Crippen LogP contribution in [0.5, 0.6) is 0 Å². The van der Waals surface area contributed by atoms with Crippen molar-refractivity contribution in [2.45, 2.75) is 45.1 Å². The maximum Gasteiger partial charge on any atom is 0.303 e. The van der Waals surface area contributed by atoms with E-state index in [-0.39, 0.29) is 23.8 Å². The lowest BCUT2D eigenvalue weighted by Crippen LogP contribution is -2.39. The zero-order valence-electron chi connectivity index (χ0n) is 12.1. The van der Waals surface area contributed by atoms with Crippen molar-refractivity contribution in [2.75, 3.05) is 0 Å². The lowest BCUT2D eigenvalue weighted by Gasteiger charge is -2.19. The third-order valence-electron chi connectivity index (χ3n) is 3.99. The van der Waals surface area contributed by atoms with Crippen LogP contribution in [0.2, 0.25) is 5.02 Å². The number of aliphatic carboxylic acids is 1. The SMILES string of the molecule is CC(CCC(=O)O)NC(=O)C1(Cc2ccccc2Cl)CC1. The van der Waals surface area contributed by atoms with E-state index in [2.05, 4.69) is 5.32 Å². The summed E-state index contributed by atoms with van der Waals surface area (Å²) < 4.78 is 0. The Hall–Kier alpha value is -1.55. The number of hydrogen-bond acceptors (Lipinski definition) is 2. The van der Waals surface area contributed by atoms with Gasteiger partial charge in [-0.05, 0) is 44.2 Å². The molecule has 0 spiro atoms. The van der Waals surface area contributed by atoms with Crippen LogP contribution in [0.4, 0.5) is 0 Å². The van der Waals surface area contributed by atoms with Gasteiger partial charge in [0.2, 0.25) is 5.91 Å². The lowest BCUT2D eigenvalue weighted by molar-refractivity contribution is -0.137. The molecule has 1 saturated carbocycles. The maximum absolute atomic E-state index is 12.4. The van der Waals surface area contributed by atoms with Crippen LogP contribution >= 0.6 is 11.6 Å². The molecule has 0 heterocycles. The molecule has 2 N–H and O–H groups in total. The van der Waals surface area contributed by atoms with Crippen molar-refractivity contribution in [2.24, 2.45) is 5.41 Å². The van der Waals surface area contributed by atoms with Crippen LogP contribution in [0.1, 0.15) is 38.2 Å². The summed E-state index contributed by atoms with van der Waals surface area (Å²) in [6.45, 7) is 1.84. The summed E-state index contributed by atoms with van der Waals surface area (Å²) in [6, 6.07) is 7.45. The molecule has 0 bridgehead atoms.